The van der Waals surface area contributed by atoms with Crippen LogP contribution in [0.3, 0.4) is 0 Å². The highest BCUT2D eigenvalue weighted by Crippen LogP contribution is 2.22. The topological polar surface area (TPSA) is 99.2 Å². The lowest BCUT2D eigenvalue weighted by Gasteiger charge is -2.22. The van der Waals surface area contributed by atoms with Crippen LogP contribution in [-0.4, -0.2) is 71.0 Å². The van der Waals surface area contributed by atoms with E-state index in [9.17, 15) is 18.0 Å². The number of esters is 2. The number of ether oxygens (including phenoxy) is 2. The largest absolute Gasteiger partial charge is 0.465 e. The number of rotatable bonds is 50. The normalized spacial score (nSPS) is 12.9. The summed E-state index contributed by atoms with van der Waals surface area (Å²) < 4.78 is 39.4. The van der Waals surface area contributed by atoms with Crippen LogP contribution in [0.15, 0.2) is 0 Å². The second-order valence-corrected chi connectivity index (χ2v) is 20.7. The molecule has 0 N–H and O–H groups in total. The van der Waals surface area contributed by atoms with Gasteiger partial charge in [-0.3, -0.25) is 13.8 Å². The molecule has 0 aliphatic rings. The summed E-state index contributed by atoms with van der Waals surface area (Å²) in [4.78, 5) is 27.8. The first kappa shape index (κ1) is 60.8. The van der Waals surface area contributed by atoms with Gasteiger partial charge in [-0.05, 0) is 95.7 Å². The van der Waals surface area contributed by atoms with Crippen molar-refractivity contribution in [1.82, 2.24) is 4.90 Å². The van der Waals surface area contributed by atoms with Crippen LogP contribution in [0, 0.1) is 11.8 Å². The van der Waals surface area contributed by atoms with Crippen LogP contribution in [0.2, 0.25) is 0 Å². The van der Waals surface area contributed by atoms with E-state index in [1.807, 2.05) is 0 Å². The summed E-state index contributed by atoms with van der Waals surface area (Å²) in [6.45, 7) is 13.5. The quantitative estimate of drug-likeness (QED) is 0.0338. The summed E-state index contributed by atoms with van der Waals surface area (Å²) in [5, 5.41) is 0. The average Bonchev–Trinajstić information content (AvgIpc) is 3.25. The Hall–Kier alpha value is -1.19. The van der Waals surface area contributed by atoms with Crippen LogP contribution in [0.25, 0.3) is 0 Å². The molecule has 370 valence electrons. The molecule has 8 nitrogen and oxygen atoms in total. The molecule has 0 saturated heterocycles. The van der Waals surface area contributed by atoms with Gasteiger partial charge >= 0.3 is 11.9 Å². The zero-order chi connectivity index (χ0) is 45.6. The molecule has 0 aromatic carbocycles. The number of nitrogens with zero attached hydrogens (tertiary/aromatic N) is 1. The van der Waals surface area contributed by atoms with Crippen LogP contribution >= 0.6 is 0 Å². The summed E-state index contributed by atoms with van der Waals surface area (Å²) in [6, 6.07) is 0. The number of hydrogen-bond acceptors (Lipinski definition) is 8. The first-order valence-corrected chi connectivity index (χ1v) is 28.8. The van der Waals surface area contributed by atoms with Gasteiger partial charge in [0.15, 0.2) is 0 Å². The van der Waals surface area contributed by atoms with Crippen molar-refractivity contribution in [2.75, 3.05) is 45.7 Å². The van der Waals surface area contributed by atoms with E-state index in [-0.39, 0.29) is 18.5 Å². The van der Waals surface area contributed by atoms with Crippen LogP contribution in [0.1, 0.15) is 272 Å². The minimum absolute atomic E-state index is 0.0202. The van der Waals surface area contributed by atoms with Gasteiger partial charge in [0.25, 0.3) is 10.1 Å². The van der Waals surface area contributed by atoms with Gasteiger partial charge in [-0.25, -0.2) is 0 Å². The molecule has 0 aliphatic carbocycles. The second-order valence-electron chi connectivity index (χ2n) is 19.0. The molecule has 0 aromatic rings. The molecule has 0 aromatic heterocycles. The van der Waals surface area contributed by atoms with Gasteiger partial charge in [0.1, 0.15) is 0 Å². The third-order valence-corrected chi connectivity index (χ3v) is 13.3. The Morgan fingerprint density at radius 1 is 0.403 bits per heavy atom. The highest BCUT2D eigenvalue weighted by Gasteiger charge is 2.14. The third-order valence-electron chi connectivity index (χ3n) is 12.7. The maximum absolute atomic E-state index is 12.6. The molecule has 0 spiro atoms. The van der Waals surface area contributed by atoms with Gasteiger partial charge in [-0.2, -0.15) is 8.42 Å². The van der Waals surface area contributed by atoms with E-state index in [2.05, 4.69) is 32.6 Å². The standard InChI is InChI=1S/C53H105NO7S/c1-6-10-14-18-22-30-40-50(38-28-16-12-8-3)48-59-52(55)42-32-24-20-26-34-44-54(46-36-37-47-61-62(5,57)58)45-35-27-21-25-33-43-53(56)60-49-51(39-29-17-13-9-4)41-31-23-19-15-11-7-2/h50-51H,6-49H2,1-5H3. The predicted octanol–water partition coefficient (Wildman–Crippen LogP) is 15.5. The monoisotopic (exact) mass is 900 g/mol. The Bertz CT molecular complexity index is 1010. The van der Waals surface area contributed by atoms with Gasteiger partial charge < -0.3 is 14.4 Å². The fourth-order valence-corrected chi connectivity index (χ4v) is 9.01. The number of unbranched alkanes of at least 4 members (excludes halogenated alkanes) is 25. The first-order chi connectivity index (χ1) is 30.1. The number of carbonyl (C=O) groups excluding carboxylic acids is 2. The minimum Gasteiger partial charge on any atom is -0.465 e. The molecule has 2 atom stereocenters. The van der Waals surface area contributed by atoms with Gasteiger partial charge in [0, 0.05) is 12.8 Å². The highest BCUT2D eigenvalue weighted by atomic mass is 32.2. The summed E-state index contributed by atoms with van der Waals surface area (Å²) >= 11 is 0. The van der Waals surface area contributed by atoms with Crippen LogP contribution < -0.4 is 0 Å². The maximum Gasteiger partial charge on any atom is 0.305 e. The molecule has 0 saturated carbocycles. The molecule has 9 heteroatoms. The van der Waals surface area contributed by atoms with Crippen LogP contribution in [-0.2, 0) is 33.4 Å². The Morgan fingerprint density at radius 3 is 1.05 bits per heavy atom. The van der Waals surface area contributed by atoms with E-state index in [1.165, 1.54) is 154 Å². The molecule has 0 fully saturated rings. The molecule has 0 heterocycles. The maximum atomic E-state index is 12.6. The zero-order valence-corrected chi connectivity index (χ0v) is 42.8. The lowest BCUT2D eigenvalue weighted by atomic mass is 9.95. The van der Waals surface area contributed by atoms with Crippen molar-refractivity contribution in [1.29, 1.82) is 0 Å². The molecule has 62 heavy (non-hydrogen) atoms. The van der Waals surface area contributed by atoms with Gasteiger partial charge in [0.05, 0.1) is 26.1 Å². The van der Waals surface area contributed by atoms with Crippen molar-refractivity contribution in [3.05, 3.63) is 0 Å². The SMILES string of the molecule is CCCCCCCCC(CCCCCC)COC(=O)CCCCCCCN(CCCCCCCC(=O)OCC(CCCCCC)CCCCCCCC)CCCCOS(C)(=O)=O. The Labute approximate surface area is 386 Å². The van der Waals surface area contributed by atoms with Crippen molar-refractivity contribution in [2.24, 2.45) is 11.8 Å². The van der Waals surface area contributed by atoms with Crippen molar-refractivity contribution < 1.29 is 31.7 Å². The fraction of sp³-hybridized carbons (Fsp3) is 0.962. The molecular formula is C53H105NO7S. The van der Waals surface area contributed by atoms with E-state index >= 15 is 0 Å². The summed E-state index contributed by atoms with van der Waals surface area (Å²) in [5.74, 6) is 0.988. The van der Waals surface area contributed by atoms with Crippen molar-refractivity contribution in [3.8, 4) is 0 Å². The van der Waals surface area contributed by atoms with Gasteiger partial charge in [-0.15, -0.1) is 0 Å². The average molecular weight is 900 g/mol. The third kappa shape index (κ3) is 45.4. The van der Waals surface area contributed by atoms with Crippen molar-refractivity contribution in [3.63, 3.8) is 0 Å². The zero-order valence-electron chi connectivity index (χ0n) is 42.0. The van der Waals surface area contributed by atoms with E-state index in [0.717, 1.165) is 103 Å². The van der Waals surface area contributed by atoms with E-state index in [0.29, 0.717) is 37.9 Å². The van der Waals surface area contributed by atoms with Crippen LogP contribution in [0.4, 0.5) is 0 Å². The smallest absolute Gasteiger partial charge is 0.305 e. The molecule has 2 unspecified atom stereocenters. The molecule has 0 rings (SSSR count). The minimum atomic E-state index is -3.40. The highest BCUT2D eigenvalue weighted by molar-refractivity contribution is 7.85. The van der Waals surface area contributed by atoms with Gasteiger partial charge in [-0.1, -0.05) is 195 Å². The first-order valence-electron chi connectivity index (χ1n) is 27.0. The summed E-state index contributed by atoms with van der Waals surface area (Å²) in [5.41, 5.74) is 0. The lowest BCUT2D eigenvalue weighted by molar-refractivity contribution is -0.146. The molecule has 0 aliphatic heterocycles. The molecule has 0 radical (unpaired) electrons. The van der Waals surface area contributed by atoms with Crippen LogP contribution in [0.5, 0.6) is 0 Å². The number of carbonyl (C=O) groups is 2. The molecule has 0 bridgehead atoms. The van der Waals surface area contributed by atoms with Crippen molar-refractivity contribution in [2.45, 2.75) is 272 Å². The predicted molar refractivity (Wildman–Crippen MR) is 264 cm³/mol. The lowest BCUT2D eigenvalue weighted by Crippen LogP contribution is -2.27. The van der Waals surface area contributed by atoms with E-state index < -0.39 is 10.1 Å². The summed E-state index contributed by atoms with van der Waals surface area (Å²) in [7, 11) is -3.40. The second kappa shape index (κ2) is 46.3. The van der Waals surface area contributed by atoms with E-state index in [1.54, 1.807) is 0 Å². The Morgan fingerprint density at radius 2 is 0.694 bits per heavy atom. The number of hydrogen-bond donors (Lipinski definition) is 0. The Balaban J connectivity index is 4.47. The molecular weight excluding hydrogens is 795 g/mol. The van der Waals surface area contributed by atoms with Gasteiger partial charge in [0.2, 0.25) is 0 Å². The Kier molecular flexibility index (Phi) is 45.5. The fourth-order valence-electron chi connectivity index (χ4n) is 8.59. The van der Waals surface area contributed by atoms with Crippen molar-refractivity contribution >= 4 is 22.1 Å². The molecule has 0 amide bonds. The van der Waals surface area contributed by atoms with E-state index in [4.69, 9.17) is 13.7 Å². The summed E-state index contributed by atoms with van der Waals surface area (Å²) in [6.07, 6.45) is 45.2.